The fourth-order valence-corrected chi connectivity index (χ4v) is 2.76. The molecule has 0 fully saturated rings. The van der Waals surface area contributed by atoms with Crippen LogP contribution in [-0.2, 0) is 0 Å². The molecule has 0 heterocycles. The predicted octanol–water partition coefficient (Wildman–Crippen LogP) is 6.70. The van der Waals surface area contributed by atoms with Gasteiger partial charge in [-0.2, -0.15) is 0 Å². The van der Waals surface area contributed by atoms with Gasteiger partial charge in [-0.15, -0.1) is 0 Å². The molecule has 0 amide bonds. The van der Waals surface area contributed by atoms with Gasteiger partial charge >= 0.3 is 0 Å². The van der Waals surface area contributed by atoms with Gasteiger partial charge in [0.15, 0.2) is 11.5 Å². The van der Waals surface area contributed by atoms with Crippen LogP contribution in [0.3, 0.4) is 0 Å². The monoisotopic (exact) mass is 364 g/mol. The summed E-state index contributed by atoms with van der Waals surface area (Å²) in [5.41, 5.74) is 0. The second kappa shape index (κ2) is 8.81. The van der Waals surface area contributed by atoms with E-state index in [1.807, 2.05) is 54.6 Å². The van der Waals surface area contributed by atoms with E-state index in [1.54, 1.807) is 0 Å². The Morgan fingerprint density at radius 2 is 1.33 bits per heavy atom. The van der Waals surface area contributed by atoms with Crippen molar-refractivity contribution in [2.75, 3.05) is 13.2 Å². The molecule has 3 aromatic rings. The van der Waals surface area contributed by atoms with Gasteiger partial charge in [-0.25, -0.2) is 0 Å². The Labute approximate surface area is 161 Å². The van der Waals surface area contributed by atoms with Crippen LogP contribution in [0.5, 0.6) is 23.0 Å². The molecule has 142 valence electrons. The fourth-order valence-electron chi connectivity index (χ4n) is 2.76. The van der Waals surface area contributed by atoms with Crippen LogP contribution in [0.2, 0.25) is 0 Å². The van der Waals surface area contributed by atoms with E-state index in [2.05, 4.69) is 33.8 Å². The van der Waals surface area contributed by atoms with E-state index >= 15 is 0 Å². The summed E-state index contributed by atoms with van der Waals surface area (Å²) in [6, 6.07) is 19.9. The molecule has 0 saturated carbocycles. The molecule has 0 N–H and O–H groups in total. The van der Waals surface area contributed by atoms with Crippen molar-refractivity contribution in [3.05, 3.63) is 60.7 Å². The standard InChI is InChI=1S/C24H28O3/c1-17(2)15-25-22-12-8-11-21-20(22)13-14-23(24(21)26-16-18(3)4)27-19-9-6-5-7-10-19/h5-14,17-18H,15-16H2,1-4H3. The fraction of sp³-hybridized carbons (Fsp3) is 0.333. The van der Waals surface area contributed by atoms with Crippen LogP contribution >= 0.6 is 0 Å². The lowest BCUT2D eigenvalue weighted by atomic mass is 10.1. The summed E-state index contributed by atoms with van der Waals surface area (Å²) in [6.07, 6.45) is 0. The molecule has 3 aromatic carbocycles. The highest BCUT2D eigenvalue weighted by Gasteiger charge is 2.15. The van der Waals surface area contributed by atoms with Crippen molar-refractivity contribution < 1.29 is 14.2 Å². The Balaban J connectivity index is 2.02. The zero-order valence-corrected chi connectivity index (χ0v) is 16.6. The number of ether oxygens (including phenoxy) is 3. The van der Waals surface area contributed by atoms with E-state index in [4.69, 9.17) is 14.2 Å². The summed E-state index contributed by atoms with van der Waals surface area (Å²) >= 11 is 0. The van der Waals surface area contributed by atoms with E-state index in [9.17, 15) is 0 Å². The number of fused-ring (bicyclic) bond motifs is 1. The van der Waals surface area contributed by atoms with Gasteiger partial charge in [0.2, 0.25) is 0 Å². The zero-order chi connectivity index (χ0) is 19.2. The predicted molar refractivity (Wildman–Crippen MR) is 111 cm³/mol. The zero-order valence-electron chi connectivity index (χ0n) is 16.6. The van der Waals surface area contributed by atoms with E-state index in [-0.39, 0.29) is 0 Å². The topological polar surface area (TPSA) is 27.7 Å². The number of para-hydroxylation sites is 1. The lowest BCUT2D eigenvalue weighted by Crippen LogP contribution is -2.07. The van der Waals surface area contributed by atoms with E-state index in [0.29, 0.717) is 25.0 Å². The van der Waals surface area contributed by atoms with Gasteiger partial charge in [0.25, 0.3) is 0 Å². The minimum atomic E-state index is 0.421. The van der Waals surface area contributed by atoms with Crippen molar-refractivity contribution in [1.82, 2.24) is 0 Å². The van der Waals surface area contributed by atoms with Crippen molar-refractivity contribution in [3.63, 3.8) is 0 Å². The van der Waals surface area contributed by atoms with Gasteiger partial charge in [-0.05, 0) is 42.2 Å². The van der Waals surface area contributed by atoms with Crippen LogP contribution < -0.4 is 14.2 Å². The van der Waals surface area contributed by atoms with Crippen molar-refractivity contribution in [3.8, 4) is 23.0 Å². The summed E-state index contributed by atoms with van der Waals surface area (Å²) in [7, 11) is 0. The highest BCUT2D eigenvalue weighted by Crippen LogP contribution is 2.41. The second-order valence-corrected chi connectivity index (χ2v) is 7.57. The van der Waals surface area contributed by atoms with Crippen LogP contribution in [0.1, 0.15) is 27.7 Å². The Morgan fingerprint density at radius 1 is 0.630 bits per heavy atom. The first kappa shape index (κ1) is 19.1. The summed E-state index contributed by atoms with van der Waals surface area (Å²) < 4.78 is 18.3. The van der Waals surface area contributed by atoms with Gasteiger partial charge < -0.3 is 14.2 Å². The van der Waals surface area contributed by atoms with Crippen molar-refractivity contribution in [2.24, 2.45) is 11.8 Å². The Morgan fingerprint density at radius 3 is 2.04 bits per heavy atom. The Kier molecular flexibility index (Phi) is 6.23. The molecule has 3 rings (SSSR count). The van der Waals surface area contributed by atoms with E-state index in [0.717, 1.165) is 33.8 Å². The molecule has 3 heteroatoms. The first-order valence-electron chi connectivity index (χ1n) is 9.59. The summed E-state index contributed by atoms with van der Waals surface area (Å²) in [6.45, 7) is 9.88. The molecular formula is C24H28O3. The van der Waals surface area contributed by atoms with E-state index in [1.165, 1.54) is 0 Å². The number of rotatable bonds is 8. The van der Waals surface area contributed by atoms with Crippen molar-refractivity contribution in [1.29, 1.82) is 0 Å². The average molecular weight is 364 g/mol. The Bertz CT molecular complexity index is 869. The third kappa shape index (κ3) is 4.94. The molecule has 3 nitrogen and oxygen atoms in total. The molecule has 27 heavy (non-hydrogen) atoms. The average Bonchev–Trinajstić information content (AvgIpc) is 2.65. The van der Waals surface area contributed by atoms with Gasteiger partial charge in [-0.1, -0.05) is 58.0 Å². The SMILES string of the molecule is CC(C)COc1cccc2c(OCC(C)C)c(Oc3ccccc3)ccc12. The van der Waals surface area contributed by atoms with Gasteiger partial charge in [0.1, 0.15) is 11.5 Å². The molecular weight excluding hydrogens is 336 g/mol. The second-order valence-electron chi connectivity index (χ2n) is 7.57. The maximum Gasteiger partial charge on any atom is 0.169 e. The molecule has 0 radical (unpaired) electrons. The lowest BCUT2D eigenvalue weighted by molar-refractivity contribution is 0.263. The molecule has 0 unspecified atom stereocenters. The van der Waals surface area contributed by atoms with Crippen LogP contribution in [-0.4, -0.2) is 13.2 Å². The molecule has 0 spiro atoms. The normalized spacial score (nSPS) is 11.2. The number of hydrogen-bond donors (Lipinski definition) is 0. The molecule has 0 aliphatic heterocycles. The first-order valence-corrected chi connectivity index (χ1v) is 9.59. The highest BCUT2D eigenvalue weighted by atomic mass is 16.5. The lowest BCUT2D eigenvalue weighted by Gasteiger charge is -2.18. The van der Waals surface area contributed by atoms with E-state index < -0.39 is 0 Å². The highest BCUT2D eigenvalue weighted by molar-refractivity contribution is 5.95. The van der Waals surface area contributed by atoms with Gasteiger partial charge in [-0.3, -0.25) is 0 Å². The summed E-state index contributed by atoms with van der Waals surface area (Å²) in [5, 5.41) is 2.04. The first-order chi connectivity index (χ1) is 13.0. The van der Waals surface area contributed by atoms with Crippen molar-refractivity contribution in [2.45, 2.75) is 27.7 Å². The summed E-state index contributed by atoms with van der Waals surface area (Å²) in [4.78, 5) is 0. The van der Waals surface area contributed by atoms with Gasteiger partial charge in [0.05, 0.1) is 13.2 Å². The molecule has 0 saturated heterocycles. The Hall–Kier alpha value is -2.68. The quantitative estimate of drug-likeness (QED) is 0.445. The minimum Gasteiger partial charge on any atom is -0.493 e. The number of hydrogen-bond acceptors (Lipinski definition) is 3. The van der Waals surface area contributed by atoms with Crippen LogP contribution in [0, 0.1) is 11.8 Å². The smallest absolute Gasteiger partial charge is 0.169 e. The van der Waals surface area contributed by atoms with Crippen LogP contribution in [0.15, 0.2) is 60.7 Å². The largest absolute Gasteiger partial charge is 0.493 e. The molecule has 0 atom stereocenters. The third-order valence-electron chi connectivity index (χ3n) is 4.04. The molecule has 0 aromatic heterocycles. The maximum absolute atomic E-state index is 6.18. The summed E-state index contributed by atoms with van der Waals surface area (Å²) in [5.74, 6) is 4.04. The maximum atomic E-state index is 6.18. The van der Waals surface area contributed by atoms with Crippen LogP contribution in [0.4, 0.5) is 0 Å². The molecule has 0 aliphatic rings. The van der Waals surface area contributed by atoms with Crippen LogP contribution in [0.25, 0.3) is 10.8 Å². The number of benzene rings is 3. The van der Waals surface area contributed by atoms with Crippen molar-refractivity contribution >= 4 is 10.8 Å². The van der Waals surface area contributed by atoms with Gasteiger partial charge in [0, 0.05) is 10.8 Å². The molecule has 0 aliphatic carbocycles. The molecule has 0 bridgehead atoms. The third-order valence-corrected chi connectivity index (χ3v) is 4.04. The minimum absolute atomic E-state index is 0.421.